The highest BCUT2D eigenvalue weighted by Gasteiger charge is 2.44. The monoisotopic (exact) mass is 454 g/mol. The third kappa shape index (κ3) is 4.25. The second-order valence-corrected chi connectivity index (χ2v) is 9.36. The zero-order valence-electron chi connectivity index (χ0n) is 17.5. The molecule has 8 heteroatoms. The van der Waals surface area contributed by atoms with Crippen LogP contribution < -0.4 is 5.32 Å². The highest BCUT2D eigenvalue weighted by atomic mass is 35.5. The van der Waals surface area contributed by atoms with Gasteiger partial charge in [0, 0.05) is 16.3 Å². The van der Waals surface area contributed by atoms with Crippen LogP contribution in [0.15, 0.2) is 58.5 Å². The predicted octanol–water partition coefficient (Wildman–Crippen LogP) is 5.11. The van der Waals surface area contributed by atoms with Crippen molar-refractivity contribution < 1.29 is 9.59 Å². The number of amides is 2. The first-order valence-corrected chi connectivity index (χ1v) is 11.5. The Bertz CT molecular complexity index is 1100. The topological polar surface area (TPSA) is 74.1 Å². The molecule has 0 aliphatic carbocycles. The normalized spacial score (nSPS) is 18.3. The van der Waals surface area contributed by atoms with E-state index in [2.05, 4.69) is 10.3 Å². The first-order valence-electron chi connectivity index (χ1n) is 10.2. The number of halogens is 1. The van der Waals surface area contributed by atoms with Crippen LogP contribution in [-0.4, -0.2) is 39.0 Å². The van der Waals surface area contributed by atoms with E-state index < -0.39 is 11.3 Å². The third-order valence-electron chi connectivity index (χ3n) is 5.18. The summed E-state index contributed by atoms with van der Waals surface area (Å²) in [6.07, 6.45) is 0.596. The molecule has 2 aliphatic rings. The SMILES string of the molecule is CCC(SC1=Nc2ccccc2C2=NC(=O)C(C(C)C)N12)C(=O)Nc1cccc(Cl)c1. The number of para-hydroxylation sites is 1. The Morgan fingerprint density at radius 2 is 1.97 bits per heavy atom. The third-order valence-corrected chi connectivity index (χ3v) is 6.74. The Kier molecular flexibility index (Phi) is 6.16. The highest BCUT2D eigenvalue weighted by molar-refractivity contribution is 8.15. The van der Waals surface area contributed by atoms with Gasteiger partial charge in [0.1, 0.15) is 11.9 Å². The first kappa shape index (κ1) is 21.6. The zero-order chi connectivity index (χ0) is 22.1. The fourth-order valence-electron chi connectivity index (χ4n) is 3.69. The molecule has 160 valence electrons. The van der Waals surface area contributed by atoms with Gasteiger partial charge in [-0.3, -0.25) is 14.5 Å². The Morgan fingerprint density at radius 1 is 1.19 bits per heavy atom. The summed E-state index contributed by atoms with van der Waals surface area (Å²) in [5.41, 5.74) is 2.23. The predicted molar refractivity (Wildman–Crippen MR) is 127 cm³/mol. The fraction of sp³-hybridized carbons (Fsp3) is 0.304. The van der Waals surface area contributed by atoms with Gasteiger partial charge < -0.3 is 5.32 Å². The molecule has 0 fully saturated rings. The van der Waals surface area contributed by atoms with Crippen LogP contribution in [0.2, 0.25) is 5.02 Å². The summed E-state index contributed by atoms with van der Waals surface area (Å²) >= 11 is 7.40. The van der Waals surface area contributed by atoms with E-state index >= 15 is 0 Å². The summed E-state index contributed by atoms with van der Waals surface area (Å²) < 4.78 is 0. The molecule has 0 saturated heterocycles. The molecule has 2 atom stereocenters. The molecule has 0 spiro atoms. The fourth-order valence-corrected chi connectivity index (χ4v) is 4.93. The van der Waals surface area contributed by atoms with Crippen molar-refractivity contribution in [2.75, 3.05) is 5.32 Å². The molecule has 0 saturated carbocycles. The molecule has 2 aliphatic heterocycles. The van der Waals surface area contributed by atoms with E-state index in [-0.39, 0.29) is 17.7 Å². The number of hydrogen-bond donors (Lipinski definition) is 1. The number of carbonyl (C=O) groups is 2. The molecule has 0 radical (unpaired) electrons. The van der Waals surface area contributed by atoms with Gasteiger partial charge in [-0.1, -0.05) is 62.3 Å². The van der Waals surface area contributed by atoms with Crippen molar-refractivity contribution >= 4 is 57.6 Å². The van der Waals surface area contributed by atoms with Crippen LogP contribution in [0.4, 0.5) is 11.4 Å². The standard InChI is InChI=1S/C23H23ClN4O2S/c1-4-18(21(29)25-15-9-7-8-14(24)12-15)31-23-26-17-11-6-5-10-16(17)20-27-22(30)19(13(2)3)28(20)23/h5-13,18-19H,4H2,1-3H3,(H,25,29). The van der Waals surface area contributed by atoms with Gasteiger partial charge in [-0.15, -0.1) is 0 Å². The lowest BCUT2D eigenvalue weighted by molar-refractivity contribution is -0.120. The summed E-state index contributed by atoms with van der Waals surface area (Å²) in [4.78, 5) is 36.8. The van der Waals surface area contributed by atoms with Gasteiger partial charge in [0.15, 0.2) is 5.17 Å². The Hall–Kier alpha value is -2.64. The number of nitrogens with zero attached hydrogens (tertiary/aromatic N) is 3. The van der Waals surface area contributed by atoms with Gasteiger partial charge in [-0.2, -0.15) is 4.99 Å². The van der Waals surface area contributed by atoms with Crippen LogP contribution in [0.3, 0.4) is 0 Å². The molecular formula is C23H23ClN4O2S. The maximum absolute atomic E-state index is 13.0. The Labute approximate surface area is 190 Å². The average Bonchev–Trinajstić information content (AvgIpc) is 3.09. The number of anilines is 1. The van der Waals surface area contributed by atoms with Crippen LogP contribution >= 0.6 is 23.4 Å². The number of fused-ring (bicyclic) bond motifs is 3. The number of carbonyl (C=O) groups excluding carboxylic acids is 2. The Morgan fingerprint density at radius 3 is 2.68 bits per heavy atom. The van der Waals surface area contributed by atoms with Crippen molar-refractivity contribution in [2.24, 2.45) is 15.9 Å². The number of thioether (sulfide) groups is 1. The van der Waals surface area contributed by atoms with Crippen LogP contribution in [0.1, 0.15) is 32.8 Å². The number of amidine groups is 2. The maximum Gasteiger partial charge on any atom is 0.271 e. The number of benzene rings is 2. The van der Waals surface area contributed by atoms with Crippen LogP contribution in [-0.2, 0) is 9.59 Å². The number of hydrogen-bond acceptors (Lipinski definition) is 5. The molecule has 6 nitrogen and oxygen atoms in total. The smallest absolute Gasteiger partial charge is 0.271 e. The van der Waals surface area contributed by atoms with E-state index in [9.17, 15) is 9.59 Å². The van der Waals surface area contributed by atoms with Crippen molar-refractivity contribution in [1.82, 2.24) is 4.90 Å². The molecule has 2 heterocycles. The minimum atomic E-state index is -0.428. The van der Waals surface area contributed by atoms with Gasteiger partial charge in [-0.25, -0.2) is 4.99 Å². The maximum atomic E-state index is 13.0. The largest absolute Gasteiger partial charge is 0.325 e. The molecule has 0 bridgehead atoms. The summed E-state index contributed by atoms with van der Waals surface area (Å²) in [5, 5.41) is 3.71. The lowest BCUT2D eigenvalue weighted by Crippen LogP contribution is -2.47. The van der Waals surface area contributed by atoms with Gasteiger partial charge in [0.05, 0.1) is 10.9 Å². The lowest BCUT2D eigenvalue weighted by atomic mass is 10.0. The van der Waals surface area contributed by atoms with E-state index in [1.54, 1.807) is 24.3 Å². The van der Waals surface area contributed by atoms with E-state index in [1.165, 1.54) is 11.8 Å². The van der Waals surface area contributed by atoms with Crippen molar-refractivity contribution in [3.63, 3.8) is 0 Å². The van der Waals surface area contributed by atoms with Gasteiger partial charge in [0.25, 0.3) is 5.91 Å². The molecule has 2 aromatic carbocycles. The minimum Gasteiger partial charge on any atom is -0.325 e. The molecule has 1 N–H and O–H groups in total. The number of aliphatic imine (C=N–C) groups is 2. The molecule has 31 heavy (non-hydrogen) atoms. The van der Waals surface area contributed by atoms with Crippen molar-refractivity contribution in [1.29, 1.82) is 0 Å². The molecule has 4 rings (SSSR count). The zero-order valence-corrected chi connectivity index (χ0v) is 19.1. The number of nitrogens with one attached hydrogen (secondary N) is 1. The van der Waals surface area contributed by atoms with Crippen LogP contribution in [0.5, 0.6) is 0 Å². The van der Waals surface area contributed by atoms with E-state index in [0.717, 1.165) is 11.3 Å². The molecular weight excluding hydrogens is 432 g/mol. The van der Waals surface area contributed by atoms with Crippen LogP contribution in [0, 0.1) is 5.92 Å². The summed E-state index contributed by atoms with van der Waals surface area (Å²) in [5.74, 6) is 0.347. The van der Waals surface area contributed by atoms with Gasteiger partial charge in [0.2, 0.25) is 5.91 Å². The van der Waals surface area contributed by atoms with Gasteiger partial charge >= 0.3 is 0 Å². The second-order valence-electron chi connectivity index (χ2n) is 7.76. The molecule has 0 aromatic heterocycles. The quantitative estimate of drug-likeness (QED) is 0.681. The summed E-state index contributed by atoms with van der Waals surface area (Å²) in [7, 11) is 0. The van der Waals surface area contributed by atoms with Crippen molar-refractivity contribution in [3.8, 4) is 0 Å². The first-order chi connectivity index (χ1) is 14.9. The molecule has 2 unspecified atom stereocenters. The molecule has 2 amide bonds. The Balaban J connectivity index is 1.65. The second kappa shape index (κ2) is 8.85. The van der Waals surface area contributed by atoms with E-state index in [1.807, 2.05) is 49.9 Å². The summed E-state index contributed by atoms with van der Waals surface area (Å²) in [6.45, 7) is 5.94. The van der Waals surface area contributed by atoms with Crippen molar-refractivity contribution in [2.45, 2.75) is 38.5 Å². The van der Waals surface area contributed by atoms with Crippen molar-refractivity contribution in [3.05, 3.63) is 59.1 Å². The van der Waals surface area contributed by atoms with Crippen LogP contribution in [0.25, 0.3) is 0 Å². The average molecular weight is 455 g/mol. The van der Waals surface area contributed by atoms with E-state index in [4.69, 9.17) is 16.6 Å². The van der Waals surface area contributed by atoms with E-state index in [0.29, 0.717) is 28.1 Å². The highest BCUT2D eigenvalue weighted by Crippen LogP contribution is 2.37. The minimum absolute atomic E-state index is 0.0465. The lowest BCUT2D eigenvalue weighted by Gasteiger charge is -2.33. The summed E-state index contributed by atoms with van der Waals surface area (Å²) in [6, 6.07) is 14.3. The van der Waals surface area contributed by atoms with Gasteiger partial charge in [-0.05, 0) is 42.7 Å². The molecule has 2 aromatic rings. The number of rotatable bonds is 5.